The molecule has 0 spiro atoms. The van der Waals surface area contributed by atoms with Crippen molar-refractivity contribution in [3.63, 3.8) is 0 Å². The monoisotopic (exact) mass is 292 g/mol. The maximum Gasteiger partial charge on any atom is 0.341 e. The first-order valence-electron chi connectivity index (χ1n) is 6.08. The van der Waals surface area contributed by atoms with Gasteiger partial charge in [-0.1, -0.05) is 0 Å². The molecule has 1 aromatic carbocycles. The topological polar surface area (TPSA) is 48.7 Å². The summed E-state index contributed by atoms with van der Waals surface area (Å²) < 4.78 is 15.4. The van der Waals surface area contributed by atoms with Gasteiger partial charge < -0.3 is 13.9 Å². The van der Waals surface area contributed by atoms with Crippen LogP contribution in [0.1, 0.15) is 21.9 Å². The first-order valence-corrected chi connectivity index (χ1v) is 7.07. The minimum atomic E-state index is -0.369. The molecule has 0 aliphatic rings. The van der Waals surface area contributed by atoms with E-state index in [4.69, 9.17) is 13.9 Å². The van der Waals surface area contributed by atoms with Crippen molar-refractivity contribution in [1.82, 2.24) is 0 Å². The maximum atomic E-state index is 11.5. The molecule has 0 atom stereocenters. The molecule has 2 rings (SSSR count). The Morgan fingerprint density at radius 2 is 1.95 bits per heavy atom. The Kier molecular flexibility index (Phi) is 4.74. The van der Waals surface area contributed by atoms with Crippen molar-refractivity contribution in [3.8, 4) is 5.75 Å². The molecule has 0 aliphatic carbocycles. The van der Waals surface area contributed by atoms with E-state index >= 15 is 0 Å². The molecule has 0 fully saturated rings. The molecule has 20 heavy (non-hydrogen) atoms. The predicted molar refractivity (Wildman–Crippen MR) is 77.3 cm³/mol. The van der Waals surface area contributed by atoms with Gasteiger partial charge in [0.1, 0.15) is 22.8 Å². The second-order valence-corrected chi connectivity index (χ2v) is 5.19. The maximum absolute atomic E-state index is 11.5. The number of hydrogen-bond acceptors (Lipinski definition) is 5. The Labute approximate surface area is 122 Å². The lowest BCUT2D eigenvalue weighted by Gasteiger charge is -2.02. The first-order chi connectivity index (χ1) is 9.63. The average Bonchev–Trinajstić information content (AvgIpc) is 2.86. The Morgan fingerprint density at radius 3 is 2.55 bits per heavy atom. The lowest BCUT2D eigenvalue weighted by atomic mass is 10.2. The van der Waals surface area contributed by atoms with Gasteiger partial charge in [-0.3, -0.25) is 0 Å². The van der Waals surface area contributed by atoms with Crippen molar-refractivity contribution in [2.24, 2.45) is 0 Å². The van der Waals surface area contributed by atoms with Gasteiger partial charge >= 0.3 is 5.97 Å². The second kappa shape index (κ2) is 6.52. The Hall–Kier alpha value is -1.88. The van der Waals surface area contributed by atoms with Crippen molar-refractivity contribution < 1.29 is 18.7 Å². The van der Waals surface area contributed by atoms with Crippen LogP contribution in [-0.2, 0) is 10.5 Å². The molecule has 1 heterocycles. The van der Waals surface area contributed by atoms with E-state index in [1.54, 1.807) is 31.9 Å². The molecule has 106 valence electrons. The van der Waals surface area contributed by atoms with Crippen molar-refractivity contribution >= 4 is 17.7 Å². The molecule has 0 saturated carbocycles. The van der Waals surface area contributed by atoms with Crippen LogP contribution >= 0.6 is 11.8 Å². The summed E-state index contributed by atoms with van der Waals surface area (Å²) in [6.45, 7) is 1.76. The largest absolute Gasteiger partial charge is 0.497 e. The quantitative estimate of drug-likeness (QED) is 0.621. The van der Waals surface area contributed by atoms with Crippen LogP contribution in [0, 0.1) is 6.92 Å². The summed E-state index contributed by atoms with van der Waals surface area (Å²) in [4.78, 5) is 12.6. The minimum Gasteiger partial charge on any atom is -0.497 e. The van der Waals surface area contributed by atoms with Gasteiger partial charge in [-0.25, -0.2) is 4.79 Å². The molecule has 0 amide bonds. The molecule has 4 nitrogen and oxygen atoms in total. The van der Waals surface area contributed by atoms with E-state index in [1.807, 2.05) is 24.3 Å². The lowest BCUT2D eigenvalue weighted by molar-refractivity contribution is 0.0599. The predicted octanol–water partition coefficient (Wildman–Crippen LogP) is 3.68. The standard InChI is InChI=1S/C15H16O4S/c1-10-14(15(16)18-3)8-12(19-10)9-20-13-6-4-11(17-2)5-7-13/h4-8H,9H2,1-3H3. The highest BCUT2D eigenvalue weighted by atomic mass is 32.2. The van der Waals surface area contributed by atoms with Crippen molar-refractivity contribution in [3.05, 3.63) is 47.4 Å². The molecule has 1 aromatic heterocycles. The highest BCUT2D eigenvalue weighted by Gasteiger charge is 2.15. The van der Waals surface area contributed by atoms with Gasteiger partial charge in [0.2, 0.25) is 0 Å². The van der Waals surface area contributed by atoms with Gasteiger partial charge in [0.05, 0.1) is 20.0 Å². The van der Waals surface area contributed by atoms with Gasteiger partial charge in [0.15, 0.2) is 0 Å². The second-order valence-electron chi connectivity index (χ2n) is 4.14. The van der Waals surface area contributed by atoms with Crippen LogP contribution in [0.2, 0.25) is 0 Å². The molecule has 0 aliphatic heterocycles. The van der Waals surface area contributed by atoms with Crippen LogP contribution in [0.15, 0.2) is 39.6 Å². The minimum absolute atomic E-state index is 0.369. The molecule has 2 aromatic rings. The number of thioether (sulfide) groups is 1. The summed E-state index contributed by atoms with van der Waals surface area (Å²) in [5.74, 6) is 2.46. The molecular weight excluding hydrogens is 276 g/mol. The van der Waals surface area contributed by atoms with Gasteiger partial charge in [-0.05, 0) is 37.3 Å². The van der Waals surface area contributed by atoms with Crippen LogP contribution in [0.4, 0.5) is 0 Å². The first kappa shape index (κ1) is 14.5. The van der Waals surface area contributed by atoms with E-state index in [0.717, 1.165) is 16.4 Å². The third-order valence-corrected chi connectivity index (χ3v) is 3.85. The van der Waals surface area contributed by atoms with Gasteiger partial charge in [0.25, 0.3) is 0 Å². The van der Waals surface area contributed by atoms with Crippen molar-refractivity contribution in [2.75, 3.05) is 14.2 Å². The van der Waals surface area contributed by atoms with Gasteiger partial charge in [-0.15, -0.1) is 11.8 Å². The Morgan fingerprint density at radius 1 is 1.25 bits per heavy atom. The Bertz CT molecular complexity index is 586. The van der Waals surface area contributed by atoms with Crippen LogP contribution in [0.5, 0.6) is 5.75 Å². The fraction of sp³-hybridized carbons (Fsp3) is 0.267. The molecule has 0 unspecified atom stereocenters. The number of carbonyl (C=O) groups is 1. The summed E-state index contributed by atoms with van der Waals surface area (Å²) in [5, 5.41) is 0. The summed E-state index contributed by atoms with van der Waals surface area (Å²) in [6.07, 6.45) is 0. The number of ether oxygens (including phenoxy) is 2. The smallest absolute Gasteiger partial charge is 0.341 e. The number of aryl methyl sites for hydroxylation is 1. The highest BCUT2D eigenvalue weighted by Crippen LogP contribution is 2.27. The van der Waals surface area contributed by atoms with Crippen molar-refractivity contribution in [2.45, 2.75) is 17.6 Å². The fourth-order valence-corrected chi connectivity index (χ4v) is 2.53. The van der Waals surface area contributed by atoms with E-state index in [9.17, 15) is 4.79 Å². The summed E-state index contributed by atoms with van der Waals surface area (Å²) in [7, 11) is 3.00. The van der Waals surface area contributed by atoms with E-state index in [0.29, 0.717) is 17.1 Å². The summed E-state index contributed by atoms with van der Waals surface area (Å²) in [5.41, 5.74) is 0.484. The zero-order chi connectivity index (χ0) is 14.5. The number of methoxy groups -OCH3 is 2. The van der Waals surface area contributed by atoms with Crippen LogP contribution in [0.3, 0.4) is 0 Å². The summed E-state index contributed by atoms with van der Waals surface area (Å²) in [6, 6.07) is 9.53. The molecule has 0 radical (unpaired) electrons. The number of hydrogen-bond donors (Lipinski definition) is 0. The summed E-state index contributed by atoms with van der Waals surface area (Å²) >= 11 is 1.63. The van der Waals surface area contributed by atoms with Crippen LogP contribution in [0.25, 0.3) is 0 Å². The Balaban J connectivity index is 2.01. The van der Waals surface area contributed by atoms with E-state index in [-0.39, 0.29) is 5.97 Å². The number of esters is 1. The number of carbonyl (C=O) groups excluding carboxylic acids is 1. The third-order valence-electron chi connectivity index (χ3n) is 2.81. The van der Waals surface area contributed by atoms with Crippen molar-refractivity contribution in [1.29, 1.82) is 0 Å². The van der Waals surface area contributed by atoms with Gasteiger partial charge in [0, 0.05) is 4.90 Å². The van der Waals surface area contributed by atoms with Crippen LogP contribution in [-0.4, -0.2) is 20.2 Å². The molecule has 0 bridgehead atoms. The van der Waals surface area contributed by atoms with Gasteiger partial charge in [-0.2, -0.15) is 0 Å². The molecule has 5 heteroatoms. The number of rotatable bonds is 5. The van der Waals surface area contributed by atoms with E-state index in [1.165, 1.54) is 7.11 Å². The number of furan rings is 1. The molecule has 0 N–H and O–H groups in total. The third kappa shape index (κ3) is 3.36. The zero-order valence-corrected chi connectivity index (χ0v) is 12.5. The SMILES string of the molecule is COC(=O)c1cc(CSc2ccc(OC)cc2)oc1C. The zero-order valence-electron chi connectivity index (χ0n) is 11.6. The van der Waals surface area contributed by atoms with E-state index in [2.05, 4.69) is 0 Å². The normalized spacial score (nSPS) is 10.3. The van der Waals surface area contributed by atoms with E-state index < -0.39 is 0 Å². The highest BCUT2D eigenvalue weighted by molar-refractivity contribution is 7.98. The lowest BCUT2D eigenvalue weighted by Crippen LogP contribution is -2.00. The average molecular weight is 292 g/mol. The number of benzene rings is 1. The molecule has 0 saturated heterocycles. The fourth-order valence-electron chi connectivity index (χ4n) is 1.75. The molecular formula is C15H16O4S. The van der Waals surface area contributed by atoms with Crippen LogP contribution < -0.4 is 4.74 Å².